The van der Waals surface area contributed by atoms with Gasteiger partial charge in [0.25, 0.3) is 5.56 Å². The number of nitrogens with zero attached hydrogens (tertiary/aromatic N) is 4. The Bertz CT molecular complexity index is 1150. The van der Waals surface area contributed by atoms with E-state index in [1.54, 1.807) is 4.57 Å². The number of hydrogen-bond acceptors (Lipinski definition) is 6. The zero-order chi connectivity index (χ0) is 22.3. The second kappa shape index (κ2) is 8.13. The lowest BCUT2D eigenvalue weighted by Crippen LogP contribution is -2.45. The number of nitrogen functional groups attached to an aromatic ring is 1. The average molecular weight is 425 g/mol. The van der Waals surface area contributed by atoms with E-state index in [4.69, 9.17) is 5.84 Å². The van der Waals surface area contributed by atoms with Crippen LogP contribution in [0.1, 0.15) is 62.7 Å². The predicted octanol–water partition coefficient (Wildman–Crippen LogP) is 1.80. The first-order valence-electron chi connectivity index (χ1n) is 11.2. The minimum Gasteiger partial charge on any atom is -0.332 e. The van der Waals surface area contributed by atoms with Crippen LogP contribution in [0.4, 0.5) is 0 Å². The summed E-state index contributed by atoms with van der Waals surface area (Å²) in [5.74, 6) is 5.83. The molecule has 1 aromatic carbocycles. The number of nitriles is 1. The number of aryl methyl sites for hydroxylation is 1. The minimum atomic E-state index is -0.450. The fourth-order valence-corrected chi connectivity index (χ4v) is 5.34. The Morgan fingerprint density at radius 1 is 1.39 bits per heavy atom. The summed E-state index contributed by atoms with van der Waals surface area (Å²) in [7, 11) is 0. The maximum atomic E-state index is 12.9. The molecule has 2 aliphatic rings. The normalized spacial score (nSPS) is 22.2. The van der Waals surface area contributed by atoms with Crippen LogP contribution in [0.25, 0.3) is 10.9 Å². The maximum absolute atomic E-state index is 12.9. The Balaban J connectivity index is 1.98. The maximum Gasteiger partial charge on any atom is 0.350 e. The second-order valence-corrected chi connectivity index (χ2v) is 9.25. The van der Waals surface area contributed by atoms with E-state index in [2.05, 4.69) is 30.1 Å². The monoisotopic (exact) mass is 424 g/mol. The third-order valence-electron chi connectivity index (χ3n) is 7.13. The fourth-order valence-electron chi connectivity index (χ4n) is 5.34. The molecule has 4 rings (SSSR count). The molecule has 2 atom stereocenters. The van der Waals surface area contributed by atoms with Gasteiger partial charge < -0.3 is 11.2 Å². The average Bonchev–Trinajstić information content (AvgIpc) is 3.50. The quantitative estimate of drug-likeness (QED) is 0.656. The van der Waals surface area contributed by atoms with E-state index >= 15 is 0 Å². The predicted molar refractivity (Wildman–Crippen MR) is 121 cm³/mol. The molecule has 8 heteroatoms. The molecule has 0 radical (unpaired) electrons. The van der Waals surface area contributed by atoms with Gasteiger partial charge in [-0.15, -0.1) is 0 Å². The molecule has 1 aliphatic heterocycles. The van der Waals surface area contributed by atoms with E-state index in [-0.39, 0.29) is 17.5 Å². The van der Waals surface area contributed by atoms with Crippen molar-refractivity contribution in [3.05, 3.63) is 44.1 Å². The number of nitrogens with one attached hydrogen (secondary N) is 1. The molecule has 31 heavy (non-hydrogen) atoms. The fraction of sp³-hybridized carbons (Fsp3) is 0.609. The van der Waals surface area contributed by atoms with Crippen molar-refractivity contribution in [3.63, 3.8) is 0 Å². The summed E-state index contributed by atoms with van der Waals surface area (Å²) in [5, 5.41) is 13.2. The number of hydrogen-bond donors (Lipinski definition) is 2. The van der Waals surface area contributed by atoms with Crippen LogP contribution in [0.2, 0.25) is 0 Å². The van der Waals surface area contributed by atoms with Crippen molar-refractivity contribution in [1.29, 1.82) is 5.26 Å². The molecular formula is C23H32N6O2. The van der Waals surface area contributed by atoms with Gasteiger partial charge in [-0.2, -0.15) is 9.94 Å². The number of rotatable bonds is 7. The van der Waals surface area contributed by atoms with E-state index in [0.29, 0.717) is 23.9 Å². The van der Waals surface area contributed by atoms with Gasteiger partial charge in [-0.3, -0.25) is 14.3 Å². The third kappa shape index (κ3) is 3.56. The lowest BCUT2D eigenvalue weighted by Gasteiger charge is -2.42. The summed E-state index contributed by atoms with van der Waals surface area (Å²) < 4.78 is 2.47. The molecule has 1 aromatic heterocycles. The molecule has 2 unspecified atom stereocenters. The first-order chi connectivity index (χ1) is 14.8. The van der Waals surface area contributed by atoms with Crippen molar-refractivity contribution >= 4 is 10.9 Å². The van der Waals surface area contributed by atoms with E-state index in [1.165, 1.54) is 0 Å². The first-order valence-corrected chi connectivity index (χ1v) is 11.2. The van der Waals surface area contributed by atoms with Gasteiger partial charge in [0.2, 0.25) is 0 Å². The Kier molecular flexibility index (Phi) is 5.67. The summed E-state index contributed by atoms with van der Waals surface area (Å²) in [5.41, 5.74) is 1.90. The Hall–Kier alpha value is -2.63. The smallest absolute Gasteiger partial charge is 0.332 e. The molecular weight excluding hydrogens is 392 g/mol. The minimum absolute atomic E-state index is 0.0164. The van der Waals surface area contributed by atoms with E-state index in [1.807, 2.05) is 19.1 Å². The lowest BCUT2D eigenvalue weighted by atomic mass is 9.75. The van der Waals surface area contributed by atoms with Crippen LogP contribution in [-0.4, -0.2) is 40.3 Å². The molecule has 2 aromatic rings. The summed E-state index contributed by atoms with van der Waals surface area (Å²) >= 11 is 0. The van der Waals surface area contributed by atoms with E-state index in [9.17, 15) is 14.9 Å². The van der Waals surface area contributed by atoms with Gasteiger partial charge >= 0.3 is 5.69 Å². The van der Waals surface area contributed by atoms with Crippen molar-refractivity contribution in [2.24, 2.45) is 5.41 Å². The highest BCUT2D eigenvalue weighted by atomic mass is 16.2. The molecule has 3 N–H and O–H groups in total. The summed E-state index contributed by atoms with van der Waals surface area (Å²) in [6.45, 7) is 9.79. The van der Waals surface area contributed by atoms with Crippen molar-refractivity contribution in [2.75, 3.05) is 32.0 Å². The topological polar surface area (TPSA) is 109 Å². The zero-order valence-electron chi connectivity index (χ0n) is 18.6. The van der Waals surface area contributed by atoms with Crippen molar-refractivity contribution < 1.29 is 0 Å². The van der Waals surface area contributed by atoms with Crippen LogP contribution in [0.3, 0.4) is 0 Å². The molecule has 1 saturated heterocycles. The molecule has 166 valence electrons. The molecule has 0 spiro atoms. The van der Waals surface area contributed by atoms with Crippen LogP contribution in [0.5, 0.6) is 0 Å². The molecule has 0 amide bonds. The summed E-state index contributed by atoms with van der Waals surface area (Å²) in [6, 6.07) is 6.32. The lowest BCUT2D eigenvalue weighted by molar-refractivity contribution is 0.0930. The van der Waals surface area contributed by atoms with E-state index < -0.39 is 11.2 Å². The van der Waals surface area contributed by atoms with E-state index in [0.717, 1.165) is 54.7 Å². The highest BCUT2D eigenvalue weighted by molar-refractivity contribution is 5.83. The van der Waals surface area contributed by atoms with Crippen LogP contribution >= 0.6 is 0 Å². The molecule has 2 fully saturated rings. The van der Waals surface area contributed by atoms with Gasteiger partial charge in [0.05, 0.1) is 17.0 Å². The van der Waals surface area contributed by atoms with Crippen LogP contribution in [0, 0.1) is 23.7 Å². The van der Waals surface area contributed by atoms with Gasteiger partial charge in [0, 0.05) is 37.0 Å². The molecule has 8 nitrogen and oxygen atoms in total. The molecule has 0 bridgehead atoms. The van der Waals surface area contributed by atoms with Gasteiger partial charge in [-0.05, 0) is 56.5 Å². The highest BCUT2D eigenvalue weighted by Gasteiger charge is 2.42. The van der Waals surface area contributed by atoms with Crippen molar-refractivity contribution in [3.8, 4) is 6.07 Å². The summed E-state index contributed by atoms with van der Waals surface area (Å²) in [4.78, 5) is 28.1. The van der Waals surface area contributed by atoms with Crippen molar-refractivity contribution in [2.45, 2.75) is 58.5 Å². The second-order valence-electron chi connectivity index (χ2n) is 9.25. The van der Waals surface area contributed by atoms with Gasteiger partial charge in [-0.1, -0.05) is 19.9 Å². The van der Waals surface area contributed by atoms with Gasteiger partial charge in [0.15, 0.2) is 0 Å². The molecule has 1 saturated carbocycles. The first kappa shape index (κ1) is 21.6. The Labute approximate surface area is 182 Å². The molecule has 1 aliphatic carbocycles. The van der Waals surface area contributed by atoms with Crippen molar-refractivity contribution in [1.82, 2.24) is 19.5 Å². The van der Waals surface area contributed by atoms with Crippen LogP contribution in [-0.2, 0) is 0 Å². The number of benzene rings is 1. The summed E-state index contributed by atoms with van der Waals surface area (Å²) in [6.07, 6.45) is 3.33. The van der Waals surface area contributed by atoms with Gasteiger partial charge in [0.1, 0.15) is 0 Å². The SMILES string of the molecule is CCN(CCC#N)C(c1ccc2c(=O)n(N)c(=O)n(C3CC3)c2c1C)C1(C)CCNC1. The Morgan fingerprint density at radius 3 is 2.71 bits per heavy atom. The Morgan fingerprint density at radius 2 is 2.13 bits per heavy atom. The van der Waals surface area contributed by atoms with Crippen LogP contribution in [0.15, 0.2) is 21.7 Å². The largest absolute Gasteiger partial charge is 0.350 e. The zero-order valence-corrected chi connectivity index (χ0v) is 18.6. The van der Waals surface area contributed by atoms with Gasteiger partial charge in [-0.25, -0.2) is 4.79 Å². The standard InChI is InChI=1S/C23H32N6O2/c1-4-27(13-5-11-24)20(23(3)10-12-26-14-23)17-8-9-18-19(15(17)2)28(16-6-7-16)22(31)29(25)21(18)30/h8-9,16,20,26H,4-7,10,12-14,25H2,1-3H3. The number of aromatic nitrogens is 2. The highest BCUT2D eigenvalue weighted by Crippen LogP contribution is 2.45. The number of nitrogens with two attached hydrogens (primary N) is 1. The number of fused-ring (bicyclic) bond motifs is 1. The third-order valence-corrected chi connectivity index (χ3v) is 7.13. The van der Waals surface area contributed by atoms with Crippen LogP contribution < -0.4 is 22.4 Å². The molecule has 2 heterocycles.